The van der Waals surface area contributed by atoms with Gasteiger partial charge in [0.05, 0.1) is 13.0 Å². The first-order valence-corrected chi connectivity index (χ1v) is 7.74. The molecule has 0 unspecified atom stereocenters. The standard InChI is InChI=1S/C13H12BrN3O3S/c1-2-20-11(18)7-10-16-17-13(21-10)15-12(19)8-3-5-9(14)6-4-8/h3-6H,2,7H2,1H3,(H,15,17,19). The molecule has 21 heavy (non-hydrogen) atoms. The first-order valence-electron chi connectivity index (χ1n) is 6.13. The minimum Gasteiger partial charge on any atom is -0.466 e. The number of esters is 1. The number of anilines is 1. The van der Waals surface area contributed by atoms with E-state index in [1.165, 1.54) is 0 Å². The van der Waals surface area contributed by atoms with Crippen molar-refractivity contribution < 1.29 is 14.3 Å². The molecule has 0 bridgehead atoms. The highest BCUT2D eigenvalue weighted by Gasteiger charge is 2.12. The van der Waals surface area contributed by atoms with Crippen LogP contribution in [0, 0.1) is 0 Å². The molecule has 1 N–H and O–H groups in total. The number of benzene rings is 1. The van der Waals surface area contributed by atoms with Crippen molar-refractivity contribution in [2.45, 2.75) is 13.3 Å². The Bertz CT molecular complexity index is 642. The zero-order chi connectivity index (χ0) is 15.2. The van der Waals surface area contributed by atoms with Gasteiger partial charge in [0, 0.05) is 10.0 Å². The van der Waals surface area contributed by atoms with Crippen molar-refractivity contribution in [3.63, 3.8) is 0 Å². The van der Waals surface area contributed by atoms with E-state index < -0.39 is 0 Å². The summed E-state index contributed by atoms with van der Waals surface area (Å²) in [4.78, 5) is 23.3. The second kappa shape index (κ2) is 7.28. The molecule has 0 aliphatic carbocycles. The summed E-state index contributed by atoms with van der Waals surface area (Å²) in [6.45, 7) is 2.06. The molecular weight excluding hydrogens is 358 g/mol. The van der Waals surface area contributed by atoms with E-state index in [0.29, 0.717) is 22.3 Å². The van der Waals surface area contributed by atoms with Crippen molar-refractivity contribution in [2.24, 2.45) is 0 Å². The van der Waals surface area contributed by atoms with Crippen LogP contribution in [-0.4, -0.2) is 28.7 Å². The van der Waals surface area contributed by atoms with E-state index in [4.69, 9.17) is 4.74 Å². The topological polar surface area (TPSA) is 81.2 Å². The summed E-state index contributed by atoms with van der Waals surface area (Å²) in [6.07, 6.45) is 0.0552. The van der Waals surface area contributed by atoms with Crippen molar-refractivity contribution in [3.8, 4) is 0 Å². The molecule has 0 radical (unpaired) electrons. The lowest BCUT2D eigenvalue weighted by Gasteiger charge is -2.00. The van der Waals surface area contributed by atoms with E-state index in [1.807, 2.05) is 0 Å². The molecule has 0 fully saturated rings. The molecule has 0 aliphatic heterocycles. The normalized spacial score (nSPS) is 10.2. The molecule has 1 heterocycles. The number of halogens is 1. The number of hydrogen-bond donors (Lipinski definition) is 1. The first kappa shape index (κ1) is 15.6. The quantitative estimate of drug-likeness (QED) is 0.819. The van der Waals surface area contributed by atoms with Gasteiger partial charge in [-0.1, -0.05) is 27.3 Å². The van der Waals surface area contributed by atoms with Gasteiger partial charge in [0.2, 0.25) is 5.13 Å². The lowest BCUT2D eigenvalue weighted by Crippen LogP contribution is -2.11. The van der Waals surface area contributed by atoms with Gasteiger partial charge in [-0.15, -0.1) is 10.2 Å². The Balaban J connectivity index is 1.97. The zero-order valence-electron chi connectivity index (χ0n) is 11.1. The number of carbonyl (C=O) groups excluding carboxylic acids is 2. The number of rotatable bonds is 5. The van der Waals surface area contributed by atoms with Gasteiger partial charge in [0.1, 0.15) is 5.01 Å². The maximum atomic E-state index is 12.0. The maximum Gasteiger partial charge on any atom is 0.312 e. The van der Waals surface area contributed by atoms with Crippen LogP contribution in [0.3, 0.4) is 0 Å². The predicted molar refractivity (Wildman–Crippen MR) is 82.3 cm³/mol. The third kappa shape index (κ3) is 4.61. The van der Waals surface area contributed by atoms with Crippen LogP contribution in [0.1, 0.15) is 22.3 Å². The Morgan fingerprint density at radius 2 is 2.00 bits per heavy atom. The fourth-order valence-electron chi connectivity index (χ4n) is 1.48. The maximum absolute atomic E-state index is 12.0. The number of nitrogens with zero attached hydrogens (tertiary/aromatic N) is 2. The Hall–Kier alpha value is -1.80. The molecule has 0 spiro atoms. The number of nitrogens with one attached hydrogen (secondary N) is 1. The average molecular weight is 370 g/mol. The molecule has 2 rings (SSSR count). The zero-order valence-corrected chi connectivity index (χ0v) is 13.5. The molecule has 0 aliphatic rings. The third-order valence-electron chi connectivity index (χ3n) is 2.39. The van der Waals surface area contributed by atoms with Crippen LogP contribution in [0.15, 0.2) is 28.7 Å². The van der Waals surface area contributed by atoms with Crippen LogP contribution in [0.25, 0.3) is 0 Å². The highest BCUT2D eigenvalue weighted by Crippen LogP contribution is 2.18. The summed E-state index contributed by atoms with van der Waals surface area (Å²) in [6, 6.07) is 6.95. The predicted octanol–water partition coefficient (Wildman–Crippen LogP) is 2.66. The first-order chi connectivity index (χ1) is 10.1. The lowest BCUT2D eigenvalue weighted by atomic mass is 10.2. The molecular formula is C13H12BrN3O3S. The summed E-state index contributed by atoms with van der Waals surface area (Å²) in [5, 5.41) is 11.2. The van der Waals surface area contributed by atoms with E-state index in [0.717, 1.165) is 15.8 Å². The van der Waals surface area contributed by atoms with E-state index in [9.17, 15) is 9.59 Å². The lowest BCUT2D eigenvalue weighted by molar-refractivity contribution is -0.142. The van der Waals surface area contributed by atoms with Gasteiger partial charge in [0.15, 0.2) is 0 Å². The van der Waals surface area contributed by atoms with Crippen molar-refractivity contribution in [2.75, 3.05) is 11.9 Å². The van der Waals surface area contributed by atoms with Gasteiger partial charge in [-0.05, 0) is 31.2 Å². The average Bonchev–Trinajstić information content (AvgIpc) is 2.86. The minimum absolute atomic E-state index is 0.0552. The van der Waals surface area contributed by atoms with Gasteiger partial charge in [-0.25, -0.2) is 0 Å². The molecule has 8 heteroatoms. The number of amides is 1. The molecule has 1 aromatic heterocycles. The largest absolute Gasteiger partial charge is 0.466 e. The van der Waals surface area contributed by atoms with E-state index >= 15 is 0 Å². The minimum atomic E-state index is -0.362. The summed E-state index contributed by atoms with van der Waals surface area (Å²) < 4.78 is 5.72. The Kier molecular flexibility index (Phi) is 5.40. The van der Waals surface area contributed by atoms with E-state index in [-0.39, 0.29) is 18.3 Å². The third-order valence-corrected chi connectivity index (χ3v) is 3.76. The monoisotopic (exact) mass is 369 g/mol. The number of hydrogen-bond acceptors (Lipinski definition) is 6. The molecule has 0 saturated carbocycles. The Morgan fingerprint density at radius 3 is 2.67 bits per heavy atom. The molecule has 6 nitrogen and oxygen atoms in total. The van der Waals surface area contributed by atoms with Gasteiger partial charge < -0.3 is 4.74 Å². The number of ether oxygens (including phenoxy) is 1. The van der Waals surface area contributed by atoms with Gasteiger partial charge >= 0.3 is 5.97 Å². The SMILES string of the molecule is CCOC(=O)Cc1nnc(NC(=O)c2ccc(Br)cc2)s1. The van der Waals surface area contributed by atoms with Crippen LogP contribution >= 0.6 is 27.3 Å². The van der Waals surface area contributed by atoms with E-state index in [1.54, 1.807) is 31.2 Å². The van der Waals surface area contributed by atoms with Gasteiger partial charge in [-0.2, -0.15) is 0 Å². The van der Waals surface area contributed by atoms with Crippen LogP contribution < -0.4 is 5.32 Å². The van der Waals surface area contributed by atoms with Crippen molar-refractivity contribution >= 4 is 44.3 Å². The molecule has 1 aromatic carbocycles. The van der Waals surface area contributed by atoms with Crippen molar-refractivity contribution in [1.29, 1.82) is 0 Å². The highest BCUT2D eigenvalue weighted by molar-refractivity contribution is 9.10. The summed E-state index contributed by atoms with van der Waals surface area (Å²) in [5.41, 5.74) is 0.514. The second-order valence-corrected chi connectivity index (χ2v) is 5.92. The van der Waals surface area contributed by atoms with Crippen LogP contribution in [0.5, 0.6) is 0 Å². The fraction of sp³-hybridized carbons (Fsp3) is 0.231. The molecule has 2 aromatic rings. The van der Waals surface area contributed by atoms with Crippen molar-refractivity contribution in [3.05, 3.63) is 39.3 Å². The molecule has 1 amide bonds. The summed E-state index contributed by atoms with van der Waals surface area (Å²) >= 11 is 4.45. The van der Waals surface area contributed by atoms with Crippen LogP contribution in [0.2, 0.25) is 0 Å². The van der Waals surface area contributed by atoms with Gasteiger partial charge in [-0.3, -0.25) is 14.9 Å². The summed E-state index contributed by atoms with van der Waals surface area (Å²) in [7, 11) is 0. The van der Waals surface area contributed by atoms with Crippen molar-refractivity contribution in [1.82, 2.24) is 10.2 Å². The molecule has 110 valence electrons. The number of carbonyl (C=O) groups is 2. The molecule has 0 saturated heterocycles. The van der Waals surface area contributed by atoms with Gasteiger partial charge in [0.25, 0.3) is 5.91 Å². The summed E-state index contributed by atoms with van der Waals surface area (Å²) in [5.74, 6) is -0.638. The molecule has 0 atom stereocenters. The van der Waals surface area contributed by atoms with E-state index in [2.05, 4.69) is 31.4 Å². The van der Waals surface area contributed by atoms with Crippen LogP contribution in [0.4, 0.5) is 5.13 Å². The smallest absolute Gasteiger partial charge is 0.312 e. The second-order valence-electron chi connectivity index (χ2n) is 3.94. The fourth-order valence-corrected chi connectivity index (χ4v) is 2.47. The van der Waals surface area contributed by atoms with Crippen LogP contribution in [-0.2, 0) is 16.0 Å². The highest BCUT2D eigenvalue weighted by atomic mass is 79.9. The Labute approximate surface area is 133 Å². The Morgan fingerprint density at radius 1 is 1.29 bits per heavy atom. The number of aromatic nitrogens is 2.